The summed E-state index contributed by atoms with van der Waals surface area (Å²) in [5.41, 5.74) is 3.06. The second-order valence-electron chi connectivity index (χ2n) is 7.06. The molecule has 1 heterocycles. The molecule has 0 radical (unpaired) electrons. The Morgan fingerprint density at radius 3 is 2.72 bits per heavy atom. The van der Waals surface area contributed by atoms with Gasteiger partial charge in [-0.2, -0.15) is 5.10 Å². The van der Waals surface area contributed by atoms with Gasteiger partial charge in [-0.05, 0) is 41.7 Å². The van der Waals surface area contributed by atoms with Crippen LogP contribution in [0.15, 0.2) is 60.9 Å². The summed E-state index contributed by atoms with van der Waals surface area (Å²) in [4.78, 5) is 24.4. The molecule has 1 aromatic heterocycles. The van der Waals surface area contributed by atoms with Crippen molar-refractivity contribution in [1.82, 2.24) is 9.78 Å². The molecule has 1 fully saturated rings. The van der Waals surface area contributed by atoms with Crippen molar-refractivity contribution in [1.29, 1.82) is 0 Å². The minimum Gasteiger partial charge on any atom is -0.465 e. The molecule has 2 atom stereocenters. The quantitative estimate of drug-likeness (QED) is 0.622. The third kappa shape index (κ3) is 4.32. The number of halogens is 1. The minimum absolute atomic E-state index is 0.0144. The maximum Gasteiger partial charge on any atom is 0.338 e. The van der Waals surface area contributed by atoms with E-state index in [2.05, 4.69) is 10.4 Å². The average molecular weight is 410 g/mol. The van der Waals surface area contributed by atoms with E-state index in [1.165, 1.54) is 7.11 Å². The molecule has 2 unspecified atom stereocenters. The normalized spacial score (nSPS) is 17.6. The van der Waals surface area contributed by atoms with Gasteiger partial charge in [0.15, 0.2) is 0 Å². The van der Waals surface area contributed by atoms with Crippen molar-refractivity contribution in [3.8, 4) is 0 Å². The van der Waals surface area contributed by atoms with Crippen molar-refractivity contribution in [2.45, 2.75) is 18.9 Å². The van der Waals surface area contributed by atoms with Crippen LogP contribution in [0.5, 0.6) is 0 Å². The van der Waals surface area contributed by atoms with Gasteiger partial charge < -0.3 is 10.1 Å². The van der Waals surface area contributed by atoms with E-state index >= 15 is 0 Å². The zero-order valence-electron chi connectivity index (χ0n) is 15.8. The molecule has 0 bridgehead atoms. The summed E-state index contributed by atoms with van der Waals surface area (Å²) < 4.78 is 6.51. The van der Waals surface area contributed by atoms with Crippen LogP contribution in [-0.2, 0) is 16.1 Å². The molecule has 1 aliphatic rings. The lowest BCUT2D eigenvalue weighted by Gasteiger charge is -2.07. The Morgan fingerprint density at radius 1 is 1.21 bits per heavy atom. The fraction of sp³-hybridized carbons (Fsp3) is 0.227. The Labute approximate surface area is 173 Å². The number of carbonyl (C=O) groups excluding carboxylic acids is 2. The van der Waals surface area contributed by atoms with E-state index in [9.17, 15) is 9.59 Å². The number of methoxy groups -OCH3 is 1. The monoisotopic (exact) mass is 409 g/mol. The van der Waals surface area contributed by atoms with Gasteiger partial charge in [-0.3, -0.25) is 9.48 Å². The Morgan fingerprint density at radius 2 is 1.97 bits per heavy atom. The van der Waals surface area contributed by atoms with E-state index in [1.54, 1.807) is 29.2 Å². The Hall–Kier alpha value is -3.12. The summed E-state index contributed by atoms with van der Waals surface area (Å²) in [5, 5.41) is 7.91. The molecule has 2 aromatic carbocycles. The molecule has 1 aliphatic carbocycles. The number of rotatable bonds is 6. The highest BCUT2D eigenvalue weighted by Gasteiger charge is 2.43. The fourth-order valence-corrected chi connectivity index (χ4v) is 3.58. The van der Waals surface area contributed by atoms with E-state index < -0.39 is 0 Å². The van der Waals surface area contributed by atoms with Crippen molar-refractivity contribution in [3.05, 3.63) is 82.6 Å². The second kappa shape index (κ2) is 8.09. The molecule has 3 aromatic rings. The molecule has 1 saturated carbocycles. The van der Waals surface area contributed by atoms with Crippen LogP contribution in [0.4, 0.5) is 5.69 Å². The highest BCUT2D eigenvalue weighted by molar-refractivity contribution is 6.30. The molecule has 0 saturated heterocycles. The molecular weight excluding hydrogens is 390 g/mol. The van der Waals surface area contributed by atoms with Crippen LogP contribution in [-0.4, -0.2) is 28.8 Å². The molecule has 0 spiro atoms. The first-order valence-corrected chi connectivity index (χ1v) is 9.68. The van der Waals surface area contributed by atoms with E-state index in [0.29, 0.717) is 22.8 Å². The lowest BCUT2D eigenvalue weighted by Crippen LogP contribution is -2.14. The number of hydrogen-bond donors (Lipinski definition) is 1. The van der Waals surface area contributed by atoms with Gasteiger partial charge in [0.2, 0.25) is 5.91 Å². The predicted molar refractivity (Wildman–Crippen MR) is 110 cm³/mol. The Bertz CT molecular complexity index is 1050. The van der Waals surface area contributed by atoms with Crippen LogP contribution < -0.4 is 5.32 Å². The molecule has 6 nitrogen and oxygen atoms in total. The summed E-state index contributed by atoms with van der Waals surface area (Å²) in [6, 6.07) is 14.9. The first-order valence-electron chi connectivity index (χ1n) is 9.30. The van der Waals surface area contributed by atoms with Gasteiger partial charge in [-0.25, -0.2) is 4.79 Å². The first kappa shape index (κ1) is 19.2. The lowest BCUT2D eigenvalue weighted by molar-refractivity contribution is -0.117. The molecule has 1 N–H and O–H groups in total. The summed E-state index contributed by atoms with van der Waals surface area (Å²) in [5.74, 6) is -0.212. The topological polar surface area (TPSA) is 73.2 Å². The molecular formula is C22H20ClN3O3. The highest BCUT2D eigenvalue weighted by atomic mass is 35.5. The third-order valence-corrected chi connectivity index (χ3v) is 5.33. The number of amides is 1. The van der Waals surface area contributed by atoms with Gasteiger partial charge >= 0.3 is 5.97 Å². The number of carbonyl (C=O) groups is 2. The molecule has 1 amide bonds. The van der Waals surface area contributed by atoms with Crippen molar-refractivity contribution in [3.63, 3.8) is 0 Å². The summed E-state index contributed by atoms with van der Waals surface area (Å²) >= 11 is 5.92. The zero-order chi connectivity index (χ0) is 20.4. The Balaban J connectivity index is 1.38. The van der Waals surface area contributed by atoms with Gasteiger partial charge in [0, 0.05) is 17.1 Å². The van der Waals surface area contributed by atoms with Crippen LogP contribution in [0.2, 0.25) is 5.02 Å². The number of nitrogens with zero attached hydrogens (tertiary/aromatic N) is 2. The first-order chi connectivity index (χ1) is 14.0. The largest absolute Gasteiger partial charge is 0.465 e. The van der Waals surface area contributed by atoms with Gasteiger partial charge in [0.1, 0.15) is 0 Å². The van der Waals surface area contributed by atoms with Gasteiger partial charge in [-0.1, -0.05) is 41.9 Å². The predicted octanol–water partition coefficient (Wildman–Crippen LogP) is 4.11. The number of benzene rings is 2. The van der Waals surface area contributed by atoms with Crippen LogP contribution in [0, 0.1) is 5.92 Å². The van der Waals surface area contributed by atoms with Crippen molar-refractivity contribution in [2.75, 3.05) is 12.4 Å². The lowest BCUT2D eigenvalue weighted by atomic mass is 10.1. The van der Waals surface area contributed by atoms with Crippen LogP contribution in [0.3, 0.4) is 0 Å². The maximum atomic E-state index is 12.5. The van der Waals surface area contributed by atoms with Crippen LogP contribution in [0.25, 0.3) is 0 Å². The number of ether oxygens (including phenoxy) is 1. The molecule has 148 valence electrons. The molecule has 7 heteroatoms. The number of nitrogens with one attached hydrogen (secondary N) is 1. The smallest absolute Gasteiger partial charge is 0.338 e. The van der Waals surface area contributed by atoms with E-state index in [4.69, 9.17) is 16.3 Å². The summed E-state index contributed by atoms with van der Waals surface area (Å²) in [6.07, 6.45) is 4.19. The minimum atomic E-state index is -0.386. The second-order valence-corrected chi connectivity index (χ2v) is 7.50. The third-order valence-electron chi connectivity index (χ3n) is 5.08. The fourth-order valence-electron chi connectivity index (χ4n) is 3.45. The SMILES string of the molecule is COC(=O)c1ccccc1Cn1cc(NC(=O)C2CC2c2ccc(Cl)cc2)cn1. The van der Waals surface area contributed by atoms with Crippen LogP contribution >= 0.6 is 11.6 Å². The zero-order valence-corrected chi connectivity index (χ0v) is 16.6. The number of hydrogen-bond acceptors (Lipinski definition) is 4. The molecule has 0 aliphatic heterocycles. The van der Waals surface area contributed by atoms with E-state index in [0.717, 1.165) is 17.5 Å². The summed E-state index contributed by atoms with van der Waals surface area (Å²) in [7, 11) is 1.36. The van der Waals surface area contributed by atoms with Gasteiger partial charge in [-0.15, -0.1) is 0 Å². The average Bonchev–Trinajstić information content (AvgIpc) is 3.42. The van der Waals surface area contributed by atoms with Gasteiger partial charge in [0.05, 0.1) is 31.1 Å². The summed E-state index contributed by atoms with van der Waals surface area (Å²) in [6.45, 7) is 0.401. The van der Waals surface area contributed by atoms with Crippen LogP contribution in [0.1, 0.15) is 33.8 Å². The maximum absolute atomic E-state index is 12.5. The van der Waals surface area contributed by atoms with E-state index in [1.807, 2.05) is 36.4 Å². The number of anilines is 1. The van der Waals surface area contributed by atoms with Crippen molar-refractivity contribution < 1.29 is 14.3 Å². The number of aromatic nitrogens is 2. The molecule has 29 heavy (non-hydrogen) atoms. The van der Waals surface area contributed by atoms with E-state index in [-0.39, 0.29) is 23.7 Å². The van der Waals surface area contributed by atoms with Crippen molar-refractivity contribution >= 4 is 29.2 Å². The van der Waals surface area contributed by atoms with Gasteiger partial charge in [0.25, 0.3) is 0 Å². The highest BCUT2D eigenvalue weighted by Crippen LogP contribution is 2.48. The molecule has 4 rings (SSSR count). The Kier molecular flexibility index (Phi) is 5.36. The number of esters is 1. The standard InChI is InChI=1S/C22H20ClN3O3/c1-29-22(28)18-5-3-2-4-15(18)12-26-13-17(11-24-26)25-21(27)20-10-19(20)14-6-8-16(23)9-7-14/h2-9,11,13,19-20H,10,12H2,1H3,(H,25,27). The van der Waals surface area contributed by atoms with Crippen molar-refractivity contribution in [2.24, 2.45) is 5.92 Å².